The van der Waals surface area contributed by atoms with Crippen molar-refractivity contribution in [3.05, 3.63) is 65.2 Å². The number of anilines is 1. The summed E-state index contributed by atoms with van der Waals surface area (Å²) >= 11 is 0. The largest absolute Gasteiger partial charge is 0.363 e. The summed E-state index contributed by atoms with van der Waals surface area (Å²) in [7, 11) is 0. The lowest BCUT2D eigenvalue weighted by atomic mass is 9.99. The quantitative estimate of drug-likeness (QED) is 0.769. The second-order valence-corrected chi connectivity index (χ2v) is 5.85. The van der Waals surface area contributed by atoms with Crippen molar-refractivity contribution in [3.63, 3.8) is 0 Å². The molecular formula is C19H21N3O3. The van der Waals surface area contributed by atoms with E-state index >= 15 is 0 Å². The van der Waals surface area contributed by atoms with Crippen molar-refractivity contribution in [2.75, 3.05) is 18.4 Å². The molecule has 0 saturated heterocycles. The van der Waals surface area contributed by atoms with Crippen molar-refractivity contribution in [1.29, 1.82) is 0 Å². The molecule has 130 valence electrons. The summed E-state index contributed by atoms with van der Waals surface area (Å²) in [6.07, 6.45) is -0.0566. The summed E-state index contributed by atoms with van der Waals surface area (Å²) < 4.78 is 5.67. The fraction of sp³-hybridized carbons (Fsp3) is 0.263. The first-order chi connectivity index (χ1) is 12.2. The first kappa shape index (κ1) is 17.1. The van der Waals surface area contributed by atoms with Crippen molar-refractivity contribution in [2.45, 2.75) is 19.1 Å². The molecule has 0 fully saturated rings. The lowest BCUT2D eigenvalue weighted by Gasteiger charge is -2.24. The standard InChI is InChI=1S/C19H21N3O3/c20-9-10-21-18(23)15-7-3-4-8-16(15)22-19(24)17-11-13-5-1-2-6-14(13)12-25-17/h1-8,17H,9-12,20H2,(H,21,23)(H,22,24). The van der Waals surface area contributed by atoms with E-state index in [-0.39, 0.29) is 11.8 Å². The lowest BCUT2D eigenvalue weighted by Crippen LogP contribution is -2.36. The molecule has 0 spiro atoms. The van der Waals surface area contributed by atoms with Gasteiger partial charge in [-0.2, -0.15) is 0 Å². The number of carbonyl (C=O) groups is 2. The highest BCUT2D eigenvalue weighted by Gasteiger charge is 2.26. The van der Waals surface area contributed by atoms with Gasteiger partial charge in [-0.25, -0.2) is 0 Å². The van der Waals surface area contributed by atoms with Crippen LogP contribution < -0.4 is 16.4 Å². The second kappa shape index (κ2) is 7.92. The molecule has 4 N–H and O–H groups in total. The van der Waals surface area contributed by atoms with E-state index in [4.69, 9.17) is 10.5 Å². The Bertz CT molecular complexity index is 776. The smallest absolute Gasteiger partial charge is 0.253 e. The number of nitrogens with one attached hydrogen (secondary N) is 2. The number of ether oxygens (including phenoxy) is 1. The minimum absolute atomic E-state index is 0.256. The van der Waals surface area contributed by atoms with Gasteiger partial charge < -0.3 is 21.1 Å². The van der Waals surface area contributed by atoms with Gasteiger partial charge in [-0.1, -0.05) is 36.4 Å². The summed E-state index contributed by atoms with van der Waals surface area (Å²) in [5, 5.41) is 5.52. The van der Waals surface area contributed by atoms with Crippen LogP contribution in [0, 0.1) is 0 Å². The molecule has 0 bridgehead atoms. The molecule has 2 aromatic rings. The number of para-hydroxylation sites is 1. The molecule has 1 heterocycles. The van der Waals surface area contributed by atoms with Crippen molar-refractivity contribution < 1.29 is 14.3 Å². The molecule has 25 heavy (non-hydrogen) atoms. The molecule has 1 atom stereocenters. The number of hydrogen-bond donors (Lipinski definition) is 3. The van der Waals surface area contributed by atoms with E-state index in [0.29, 0.717) is 37.4 Å². The Hall–Kier alpha value is -2.70. The highest BCUT2D eigenvalue weighted by molar-refractivity contribution is 6.04. The first-order valence-electron chi connectivity index (χ1n) is 8.25. The third-order valence-electron chi connectivity index (χ3n) is 4.12. The Kier molecular flexibility index (Phi) is 5.42. The molecule has 2 amide bonds. The Labute approximate surface area is 146 Å². The molecule has 6 heteroatoms. The highest BCUT2D eigenvalue weighted by Crippen LogP contribution is 2.22. The van der Waals surface area contributed by atoms with Gasteiger partial charge in [-0.15, -0.1) is 0 Å². The molecule has 2 aromatic carbocycles. The zero-order valence-corrected chi connectivity index (χ0v) is 13.8. The number of fused-ring (bicyclic) bond motifs is 1. The Balaban J connectivity index is 1.71. The van der Waals surface area contributed by atoms with Crippen LogP contribution in [0.4, 0.5) is 5.69 Å². The average Bonchev–Trinajstić information content (AvgIpc) is 2.66. The zero-order valence-electron chi connectivity index (χ0n) is 13.8. The summed E-state index contributed by atoms with van der Waals surface area (Å²) in [6, 6.07) is 14.8. The van der Waals surface area contributed by atoms with Crippen LogP contribution in [0.1, 0.15) is 21.5 Å². The Morgan fingerprint density at radius 2 is 1.80 bits per heavy atom. The van der Waals surface area contributed by atoms with Crippen LogP contribution in [-0.2, 0) is 22.6 Å². The van der Waals surface area contributed by atoms with E-state index in [1.165, 1.54) is 0 Å². The Morgan fingerprint density at radius 1 is 1.08 bits per heavy atom. The molecule has 1 aliphatic heterocycles. The zero-order chi connectivity index (χ0) is 17.6. The number of rotatable bonds is 5. The molecule has 1 unspecified atom stereocenters. The van der Waals surface area contributed by atoms with E-state index in [0.717, 1.165) is 11.1 Å². The van der Waals surface area contributed by atoms with Gasteiger partial charge in [-0.3, -0.25) is 9.59 Å². The van der Waals surface area contributed by atoms with Gasteiger partial charge in [0.15, 0.2) is 0 Å². The second-order valence-electron chi connectivity index (χ2n) is 5.85. The predicted octanol–water partition coefficient (Wildman–Crippen LogP) is 1.46. The van der Waals surface area contributed by atoms with Crippen molar-refractivity contribution in [3.8, 4) is 0 Å². The van der Waals surface area contributed by atoms with Gasteiger partial charge in [0.2, 0.25) is 0 Å². The van der Waals surface area contributed by atoms with Crippen LogP contribution in [0.3, 0.4) is 0 Å². The monoisotopic (exact) mass is 339 g/mol. The number of benzene rings is 2. The van der Waals surface area contributed by atoms with E-state index in [2.05, 4.69) is 10.6 Å². The molecule has 3 rings (SSSR count). The van der Waals surface area contributed by atoms with Crippen LogP contribution in [0.25, 0.3) is 0 Å². The van der Waals surface area contributed by atoms with Gasteiger partial charge in [-0.05, 0) is 23.3 Å². The molecule has 0 saturated carbocycles. The van der Waals surface area contributed by atoms with Crippen LogP contribution >= 0.6 is 0 Å². The number of amides is 2. The maximum atomic E-state index is 12.6. The van der Waals surface area contributed by atoms with Crippen LogP contribution in [0.2, 0.25) is 0 Å². The molecule has 1 aliphatic rings. The first-order valence-corrected chi connectivity index (χ1v) is 8.25. The maximum absolute atomic E-state index is 12.6. The predicted molar refractivity (Wildman–Crippen MR) is 95.2 cm³/mol. The molecule has 0 aliphatic carbocycles. The van der Waals surface area contributed by atoms with Gasteiger partial charge in [0, 0.05) is 19.5 Å². The summed E-state index contributed by atoms with van der Waals surface area (Å²) in [5.41, 5.74) is 8.49. The lowest BCUT2D eigenvalue weighted by molar-refractivity contribution is -0.129. The fourth-order valence-corrected chi connectivity index (χ4v) is 2.80. The van der Waals surface area contributed by atoms with Crippen molar-refractivity contribution >= 4 is 17.5 Å². The molecule has 0 radical (unpaired) electrons. The van der Waals surface area contributed by atoms with Gasteiger partial charge >= 0.3 is 0 Å². The summed E-state index contributed by atoms with van der Waals surface area (Å²) in [4.78, 5) is 24.8. The normalized spacial score (nSPS) is 16.0. The molecular weight excluding hydrogens is 318 g/mol. The van der Waals surface area contributed by atoms with Crippen molar-refractivity contribution in [1.82, 2.24) is 5.32 Å². The van der Waals surface area contributed by atoms with E-state index in [9.17, 15) is 9.59 Å². The van der Waals surface area contributed by atoms with Gasteiger partial charge in [0.25, 0.3) is 11.8 Å². The Morgan fingerprint density at radius 3 is 2.60 bits per heavy atom. The highest BCUT2D eigenvalue weighted by atomic mass is 16.5. The number of nitrogens with two attached hydrogens (primary N) is 1. The SMILES string of the molecule is NCCNC(=O)c1ccccc1NC(=O)C1Cc2ccccc2CO1. The average molecular weight is 339 g/mol. The van der Waals surface area contributed by atoms with E-state index in [1.54, 1.807) is 24.3 Å². The van der Waals surface area contributed by atoms with Crippen LogP contribution in [0.5, 0.6) is 0 Å². The van der Waals surface area contributed by atoms with Gasteiger partial charge in [0.1, 0.15) is 6.10 Å². The molecule has 0 aromatic heterocycles. The topological polar surface area (TPSA) is 93.5 Å². The summed E-state index contributed by atoms with van der Waals surface area (Å²) in [5.74, 6) is -0.523. The number of carbonyl (C=O) groups excluding carboxylic acids is 2. The maximum Gasteiger partial charge on any atom is 0.253 e. The minimum Gasteiger partial charge on any atom is -0.363 e. The van der Waals surface area contributed by atoms with Crippen LogP contribution in [-0.4, -0.2) is 31.0 Å². The van der Waals surface area contributed by atoms with Crippen molar-refractivity contribution in [2.24, 2.45) is 5.73 Å². The van der Waals surface area contributed by atoms with E-state index < -0.39 is 6.10 Å². The minimum atomic E-state index is -0.574. The molecule has 6 nitrogen and oxygen atoms in total. The van der Waals surface area contributed by atoms with Crippen LogP contribution in [0.15, 0.2) is 48.5 Å². The van der Waals surface area contributed by atoms with E-state index in [1.807, 2.05) is 24.3 Å². The third-order valence-corrected chi connectivity index (χ3v) is 4.12. The number of hydrogen-bond acceptors (Lipinski definition) is 4. The third kappa shape index (κ3) is 4.04. The van der Waals surface area contributed by atoms with Gasteiger partial charge in [0.05, 0.1) is 17.9 Å². The fourth-order valence-electron chi connectivity index (χ4n) is 2.80. The summed E-state index contributed by atoms with van der Waals surface area (Å²) in [6.45, 7) is 1.14.